The Bertz CT molecular complexity index is 208. The largest absolute Gasteiger partial charge is 0.480 e. The van der Waals surface area contributed by atoms with Crippen molar-refractivity contribution in [1.29, 1.82) is 0 Å². The zero-order valence-corrected chi connectivity index (χ0v) is 8.60. The molecule has 2 atom stereocenters. The summed E-state index contributed by atoms with van der Waals surface area (Å²) in [6.45, 7) is 3.90. The average Bonchev–Trinajstić information content (AvgIpc) is 2.52. The Labute approximate surface area is 81.7 Å². The second kappa shape index (κ2) is 3.86. The monoisotopic (exact) mass is 205 g/mol. The summed E-state index contributed by atoms with van der Waals surface area (Å²) < 4.78 is 0. The Morgan fingerprint density at radius 1 is 1.69 bits per heavy atom. The third-order valence-electron chi connectivity index (χ3n) is 2.20. The number of rotatable bonds is 3. The molecule has 1 unspecified atom stereocenters. The van der Waals surface area contributed by atoms with E-state index in [2.05, 4.69) is 5.32 Å². The van der Waals surface area contributed by atoms with Crippen molar-refractivity contribution in [3.05, 3.63) is 0 Å². The highest BCUT2D eigenvalue weighted by atomic mass is 32.2. The molecule has 1 saturated heterocycles. The molecule has 76 valence electrons. The van der Waals surface area contributed by atoms with Crippen LogP contribution >= 0.6 is 11.8 Å². The van der Waals surface area contributed by atoms with Crippen LogP contribution in [0.15, 0.2) is 0 Å². The van der Waals surface area contributed by atoms with Crippen LogP contribution in [0.25, 0.3) is 0 Å². The lowest BCUT2D eigenvalue weighted by Gasteiger charge is -2.28. The van der Waals surface area contributed by atoms with Crippen LogP contribution in [0.3, 0.4) is 0 Å². The Hall–Kier alpha value is -0.260. The molecular formula is C8H15NO3S. The second-order valence-corrected chi connectivity index (χ2v) is 5.06. The van der Waals surface area contributed by atoms with Gasteiger partial charge in [0.05, 0.1) is 12.0 Å². The van der Waals surface area contributed by atoms with Gasteiger partial charge < -0.3 is 10.2 Å². The minimum absolute atomic E-state index is 0.0265. The van der Waals surface area contributed by atoms with Crippen molar-refractivity contribution in [3.8, 4) is 0 Å². The van der Waals surface area contributed by atoms with Gasteiger partial charge in [0.25, 0.3) is 0 Å². The van der Waals surface area contributed by atoms with E-state index in [1.807, 2.05) is 13.8 Å². The van der Waals surface area contributed by atoms with Crippen molar-refractivity contribution in [1.82, 2.24) is 5.32 Å². The van der Waals surface area contributed by atoms with Crippen molar-refractivity contribution in [3.63, 3.8) is 0 Å². The maximum absolute atomic E-state index is 10.6. The molecule has 4 nitrogen and oxygen atoms in total. The lowest BCUT2D eigenvalue weighted by atomic mass is 9.94. The van der Waals surface area contributed by atoms with Crippen molar-refractivity contribution in [2.75, 3.05) is 12.4 Å². The molecule has 13 heavy (non-hydrogen) atoms. The SMILES string of the molecule is CC(C)(CO)C1N[C@H](C(=O)O)CS1. The highest BCUT2D eigenvalue weighted by Crippen LogP contribution is 2.33. The van der Waals surface area contributed by atoms with E-state index < -0.39 is 12.0 Å². The molecule has 1 rings (SSSR count). The van der Waals surface area contributed by atoms with Crippen molar-refractivity contribution >= 4 is 17.7 Å². The molecule has 1 heterocycles. The molecule has 0 bridgehead atoms. The van der Waals surface area contributed by atoms with Crippen molar-refractivity contribution < 1.29 is 15.0 Å². The van der Waals surface area contributed by atoms with Gasteiger partial charge in [-0.25, -0.2) is 0 Å². The summed E-state index contributed by atoms with van der Waals surface area (Å²) in [5, 5.41) is 20.8. The third kappa shape index (κ3) is 2.36. The third-order valence-corrected chi connectivity index (χ3v) is 3.83. The van der Waals surface area contributed by atoms with Gasteiger partial charge in [0.2, 0.25) is 0 Å². The fourth-order valence-electron chi connectivity index (χ4n) is 1.15. The fraction of sp³-hybridized carbons (Fsp3) is 0.875. The Morgan fingerprint density at radius 2 is 2.31 bits per heavy atom. The number of hydrogen-bond donors (Lipinski definition) is 3. The topological polar surface area (TPSA) is 69.6 Å². The molecule has 0 aliphatic carbocycles. The van der Waals surface area contributed by atoms with Crippen molar-refractivity contribution in [2.45, 2.75) is 25.3 Å². The Kier molecular flexibility index (Phi) is 3.21. The minimum atomic E-state index is -0.816. The fourth-order valence-corrected chi connectivity index (χ4v) is 2.56. The number of carboxylic acids is 1. The minimum Gasteiger partial charge on any atom is -0.480 e. The molecule has 1 fully saturated rings. The number of carboxylic acid groups (broad SMARTS) is 1. The van der Waals surface area contributed by atoms with Crippen molar-refractivity contribution in [2.24, 2.45) is 5.41 Å². The van der Waals surface area contributed by atoms with Crippen LogP contribution in [-0.2, 0) is 4.79 Å². The number of hydrogen-bond acceptors (Lipinski definition) is 4. The molecule has 0 aromatic carbocycles. The zero-order valence-electron chi connectivity index (χ0n) is 7.78. The van der Waals surface area contributed by atoms with E-state index in [0.717, 1.165) is 0 Å². The van der Waals surface area contributed by atoms with E-state index >= 15 is 0 Å². The number of aliphatic hydroxyl groups is 1. The summed E-state index contributed by atoms with van der Waals surface area (Å²) in [4.78, 5) is 10.6. The number of aliphatic carboxylic acids is 1. The summed E-state index contributed by atoms with van der Waals surface area (Å²) >= 11 is 1.56. The van der Waals surface area contributed by atoms with E-state index in [9.17, 15) is 4.79 Å². The zero-order chi connectivity index (χ0) is 10.1. The van der Waals surface area contributed by atoms with E-state index in [1.165, 1.54) is 0 Å². The summed E-state index contributed by atoms with van der Waals surface area (Å²) in [6.07, 6.45) is 0. The first-order chi connectivity index (χ1) is 5.97. The number of thioether (sulfide) groups is 1. The van der Waals surface area contributed by atoms with Crippen LogP contribution in [0, 0.1) is 5.41 Å². The van der Waals surface area contributed by atoms with Gasteiger partial charge in [-0.3, -0.25) is 10.1 Å². The second-order valence-electron chi connectivity index (χ2n) is 3.92. The first-order valence-corrected chi connectivity index (χ1v) is 5.23. The van der Waals surface area contributed by atoms with Crippen LogP contribution in [-0.4, -0.2) is 40.0 Å². The molecule has 1 aliphatic rings. The number of carbonyl (C=O) groups is 1. The molecular weight excluding hydrogens is 190 g/mol. The lowest BCUT2D eigenvalue weighted by Crippen LogP contribution is -2.44. The van der Waals surface area contributed by atoms with Crippen LogP contribution in [0.2, 0.25) is 0 Å². The van der Waals surface area contributed by atoms with Gasteiger partial charge in [-0.2, -0.15) is 0 Å². The molecule has 3 N–H and O–H groups in total. The standard InChI is InChI=1S/C8H15NO3S/c1-8(2,4-10)7-9-5(3-13-7)6(11)12/h5,7,9-10H,3-4H2,1-2H3,(H,11,12)/t5-,7?/m0/s1. The molecule has 0 saturated carbocycles. The van der Waals surface area contributed by atoms with Gasteiger partial charge in [-0.15, -0.1) is 11.8 Å². The first-order valence-electron chi connectivity index (χ1n) is 4.18. The van der Waals surface area contributed by atoms with Crippen LogP contribution in [0.5, 0.6) is 0 Å². The molecule has 0 amide bonds. The summed E-state index contributed by atoms with van der Waals surface area (Å²) in [5.41, 5.74) is -0.269. The maximum atomic E-state index is 10.6. The van der Waals surface area contributed by atoms with Gasteiger partial charge in [-0.1, -0.05) is 13.8 Å². The Morgan fingerprint density at radius 3 is 2.69 bits per heavy atom. The average molecular weight is 205 g/mol. The van der Waals surface area contributed by atoms with E-state index in [0.29, 0.717) is 5.75 Å². The van der Waals surface area contributed by atoms with E-state index in [-0.39, 0.29) is 17.4 Å². The molecule has 5 heteroatoms. The molecule has 1 aliphatic heterocycles. The van der Waals surface area contributed by atoms with Crippen LogP contribution in [0.1, 0.15) is 13.8 Å². The van der Waals surface area contributed by atoms with Gasteiger partial charge in [0.1, 0.15) is 6.04 Å². The normalized spacial score (nSPS) is 29.2. The summed E-state index contributed by atoms with van der Waals surface area (Å²) in [6, 6.07) is -0.471. The summed E-state index contributed by atoms with van der Waals surface area (Å²) in [7, 11) is 0. The predicted octanol–water partition coefficient (Wildman–Crippen LogP) is 0.121. The summed E-state index contributed by atoms with van der Waals surface area (Å²) in [5.74, 6) is -0.243. The smallest absolute Gasteiger partial charge is 0.321 e. The van der Waals surface area contributed by atoms with E-state index in [1.54, 1.807) is 11.8 Å². The van der Waals surface area contributed by atoms with E-state index in [4.69, 9.17) is 10.2 Å². The molecule has 0 spiro atoms. The molecule has 0 aromatic heterocycles. The lowest BCUT2D eigenvalue weighted by molar-refractivity contribution is -0.138. The quantitative estimate of drug-likeness (QED) is 0.610. The Balaban J connectivity index is 2.54. The van der Waals surface area contributed by atoms with Gasteiger partial charge in [-0.05, 0) is 0 Å². The number of nitrogens with one attached hydrogen (secondary N) is 1. The molecule has 0 radical (unpaired) electrons. The highest BCUT2D eigenvalue weighted by Gasteiger charge is 2.38. The molecule has 0 aromatic rings. The predicted molar refractivity (Wildman–Crippen MR) is 51.7 cm³/mol. The number of aliphatic hydroxyl groups excluding tert-OH is 1. The van der Waals surface area contributed by atoms with Gasteiger partial charge in [0, 0.05) is 11.2 Å². The van der Waals surface area contributed by atoms with Gasteiger partial charge >= 0.3 is 5.97 Å². The first kappa shape index (κ1) is 10.8. The highest BCUT2D eigenvalue weighted by molar-refractivity contribution is 8.00. The van der Waals surface area contributed by atoms with Gasteiger partial charge in [0.15, 0.2) is 0 Å². The van der Waals surface area contributed by atoms with Crippen LogP contribution in [0.4, 0.5) is 0 Å². The van der Waals surface area contributed by atoms with Crippen LogP contribution < -0.4 is 5.32 Å². The maximum Gasteiger partial charge on any atom is 0.321 e.